The Kier molecular flexibility index (Phi) is 45.0. The molecule has 1 amide bonds. The van der Waals surface area contributed by atoms with Gasteiger partial charge in [0.05, 0.1) is 39.9 Å². The van der Waals surface area contributed by atoms with E-state index in [0.29, 0.717) is 23.9 Å². The number of likely N-dealkylation sites (N-methyl/N-ethyl adjacent to an activating group) is 1. The fraction of sp³-hybridized carbons (Fsp3) is 0.800. The van der Waals surface area contributed by atoms with E-state index in [1.165, 1.54) is 148 Å². The lowest BCUT2D eigenvalue weighted by Crippen LogP contribution is -2.45. The Balaban J connectivity index is 4.21. The SMILES string of the molecule is CC/C=C\C/C=C\C/C=C\CCCCCC(=O)NC(COP(=O)([O-])OCC[N+](C)(C)C)C(O)/C=C/CC/C=C/CCCCCCCCCCCCCCCCCCCCCCCCC. The molecule has 0 aromatic carbocycles. The Morgan fingerprint density at radius 1 is 0.562 bits per heavy atom. The largest absolute Gasteiger partial charge is 0.756 e. The number of quaternary nitrogens is 1. The summed E-state index contributed by atoms with van der Waals surface area (Å²) in [6.45, 7) is 4.49. The molecule has 0 radical (unpaired) electrons. The molecule has 0 aromatic rings. The zero-order valence-corrected chi connectivity index (χ0v) is 43.4. The van der Waals surface area contributed by atoms with Crippen molar-refractivity contribution >= 4 is 13.7 Å². The van der Waals surface area contributed by atoms with Crippen LogP contribution in [0.4, 0.5) is 0 Å². The Bertz CT molecular complexity index is 1230. The second-order valence-electron chi connectivity index (χ2n) is 19.2. The van der Waals surface area contributed by atoms with Gasteiger partial charge in [-0.2, -0.15) is 0 Å². The molecule has 3 atom stereocenters. The monoisotopic (exact) mass is 919 g/mol. The van der Waals surface area contributed by atoms with Gasteiger partial charge < -0.3 is 28.8 Å². The summed E-state index contributed by atoms with van der Waals surface area (Å²) in [7, 11) is 1.22. The second-order valence-corrected chi connectivity index (χ2v) is 20.6. The van der Waals surface area contributed by atoms with Gasteiger partial charge in [0.15, 0.2) is 0 Å². The molecule has 0 aliphatic heterocycles. The summed E-state index contributed by atoms with van der Waals surface area (Å²) in [5.74, 6) is -0.237. The minimum absolute atomic E-state index is 0.0144. The number of hydrogen-bond donors (Lipinski definition) is 2. The van der Waals surface area contributed by atoms with Gasteiger partial charge in [-0.05, 0) is 64.2 Å². The van der Waals surface area contributed by atoms with E-state index in [-0.39, 0.29) is 12.5 Å². The molecule has 8 nitrogen and oxygen atoms in total. The molecule has 0 aliphatic rings. The molecule has 0 aliphatic carbocycles. The van der Waals surface area contributed by atoms with Gasteiger partial charge in [-0.3, -0.25) is 9.36 Å². The van der Waals surface area contributed by atoms with Gasteiger partial charge in [-0.15, -0.1) is 0 Å². The molecule has 0 bridgehead atoms. The highest BCUT2D eigenvalue weighted by Gasteiger charge is 2.23. The van der Waals surface area contributed by atoms with Crippen LogP contribution in [-0.4, -0.2) is 68.5 Å². The first-order valence-corrected chi connectivity index (χ1v) is 28.1. The van der Waals surface area contributed by atoms with Gasteiger partial charge in [0, 0.05) is 6.42 Å². The summed E-state index contributed by atoms with van der Waals surface area (Å²) in [5.41, 5.74) is 0. The van der Waals surface area contributed by atoms with Crippen LogP contribution in [-0.2, 0) is 18.4 Å². The minimum atomic E-state index is -4.61. The highest BCUT2D eigenvalue weighted by molar-refractivity contribution is 7.45. The van der Waals surface area contributed by atoms with Gasteiger partial charge in [-0.1, -0.05) is 222 Å². The van der Waals surface area contributed by atoms with Crippen LogP contribution in [0.3, 0.4) is 0 Å². The van der Waals surface area contributed by atoms with Crippen molar-refractivity contribution in [1.82, 2.24) is 5.32 Å². The molecule has 0 rings (SSSR count). The second kappa shape index (κ2) is 46.3. The zero-order valence-electron chi connectivity index (χ0n) is 42.5. The normalized spacial score (nSPS) is 14.5. The number of carbonyl (C=O) groups excluding carboxylic acids is 1. The van der Waals surface area contributed by atoms with Crippen LogP contribution in [0.25, 0.3) is 0 Å². The van der Waals surface area contributed by atoms with Gasteiger partial charge in [0.25, 0.3) is 7.82 Å². The van der Waals surface area contributed by atoms with E-state index in [1.54, 1.807) is 6.08 Å². The molecule has 3 unspecified atom stereocenters. The average Bonchev–Trinajstić information content (AvgIpc) is 3.25. The molecule has 2 N–H and O–H groups in total. The Morgan fingerprint density at radius 3 is 1.45 bits per heavy atom. The van der Waals surface area contributed by atoms with Crippen LogP contribution in [0.1, 0.15) is 232 Å². The summed E-state index contributed by atoms with van der Waals surface area (Å²) in [6, 6.07) is -0.921. The number of aliphatic hydroxyl groups excluding tert-OH is 1. The third-order valence-corrected chi connectivity index (χ3v) is 12.7. The molecule has 0 fully saturated rings. The highest BCUT2D eigenvalue weighted by Crippen LogP contribution is 2.38. The van der Waals surface area contributed by atoms with E-state index in [1.807, 2.05) is 27.2 Å². The molecular formula is C55H103N2O6P. The number of aliphatic hydroxyl groups is 1. The number of rotatable bonds is 48. The Morgan fingerprint density at radius 2 is 0.969 bits per heavy atom. The summed E-state index contributed by atoms with van der Waals surface area (Å²) < 4.78 is 23.2. The van der Waals surface area contributed by atoms with Crippen molar-refractivity contribution in [3.8, 4) is 0 Å². The first kappa shape index (κ1) is 62.2. The number of allylic oxidation sites excluding steroid dienone is 9. The van der Waals surface area contributed by atoms with Gasteiger partial charge >= 0.3 is 0 Å². The smallest absolute Gasteiger partial charge is 0.268 e. The first-order chi connectivity index (χ1) is 31.0. The summed E-state index contributed by atoms with van der Waals surface area (Å²) in [5, 5.41) is 13.8. The van der Waals surface area contributed by atoms with Crippen LogP contribution >= 0.6 is 7.82 Å². The van der Waals surface area contributed by atoms with E-state index in [2.05, 4.69) is 67.8 Å². The van der Waals surface area contributed by atoms with Gasteiger partial charge in [-0.25, -0.2) is 0 Å². The summed E-state index contributed by atoms with van der Waals surface area (Å²) >= 11 is 0. The standard InChI is InChI=1S/C55H103N2O6P/c1-6-8-10-12-14-16-18-20-21-22-23-24-25-26-27-28-29-30-31-32-33-34-35-37-38-40-42-44-46-48-54(58)53(52-63-64(60,61)62-51-50-57(3,4)5)56-55(59)49-47-45-43-41-39-36-19-17-15-13-11-9-7-2/h9,11,15,17,36,38-40,46,48,53-54,58H,6-8,10,12-14,16,18-35,37,41-45,47,49-52H2,1-5H3,(H-,56,59,60,61)/b11-9-,17-15-,39-36-,40-38+,48-46+. The fourth-order valence-electron chi connectivity index (χ4n) is 7.54. The molecule has 0 heterocycles. The number of unbranched alkanes of at least 4 members (excludes halogenated alkanes) is 27. The Hall–Kier alpha value is -1.80. The fourth-order valence-corrected chi connectivity index (χ4v) is 8.26. The third kappa shape index (κ3) is 48.1. The molecule has 0 saturated carbocycles. The topological polar surface area (TPSA) is 108 Å². The molecule has 9 heteroatoms. The van der Waals surface area contributed by atoms with E-state index >= 15 is 0 Å². The van der Waals surface area contributed by atoms with E-state index in [4.69, 9.17) is 9.05 Å². The lowest BCUT2D eigenvalue weighted by atomic mass is 10.0. The maximum Gasteiger partial charge on any atom is 0.268 e. The molecule has 0 spiro atoms. The zero-order chi connectivity index (χ0) is 47.1. The van der Waals surface area contributed by atoms with Gasteiger partial charge in [0.2, 0.25) is 5.91 Å². The molecule has 64 heavy (non-hydrogen) atoms. The first-order valence-electron chi connectivity index (χ1n) is 26.7. The van der Waals surface area contributed by atoms with Crippen molar-refractivity contribution in [2.75, 3.05) is 40.9 Å². The maximum atomic E-state index is 12.9. The van der Waals surface area contributed by atoms with E-state index < -0.39 is 26.6 Å². The summed E-state index contributed by atoms with van der Waals surface area (Å²) in [6.07, 6.45) is 61.7. The number of hydrogen-bond acceptors (Lipinski definition) is 6. The number of phosphoric acid groups is 1. The number of nitrogens with zero attached hydrogens (tertiary/aromatic N) is 1. The number of carbonyl (C=O) groups is 1. The van der Waals surface area contributed by atoms with E-state index in [9.17, 15) is 19.4 Å². The van der Waals surface area contributed by atoms with Crippen molar-refractivity contribution in [1.29, 1.82) is 0 Å². The summed E-state index contributed by atoms with van der Waals surface area (Å²) in [4.78, 5) is 25.3. The molecular weight excluding hydrogens is 816 g/mol. The van der Waals surface area contributed by atoms with Crippen LogP contribution in [0.2, 0.25) is 0 Å². The van der Waals surface area contributed by atoms with Crippen molar-refractivity contribution in [2.45, 2.75) is 244 Å². The number of nitrogens with one attached hydrogen (secondary N) is 1. The van der Waals surface area contributed by atoms with Crippen LogP contribution < -0.4 is 10.2 Å². The highest BCUT2D eigenvalue weighted by atomic mass is 31.2. The lowest BCUT2D eigenvalue weighted by Gasteiger charge is -2.29. The minimum Gasteiger partial charge on any atom is -0.756 e. The van der Waals surface area contributed by atoms with Crippen LogP contribution in [0.5, 0.6) is 0 Å². The molecule has 374 valence electrons. The number of phosphoric ester groups is 1. The van der Waals surface area contributed by atoms with Crippen LogP contribution in [0, 0.1) is 0 Å². The van der Waals surface area contributed by atoms with Crippen molar-refractivity contribution < 1.29 is 32.9 Å². The predicted octanol–water partition coefficient (Wildman–Crippen LogP) is 15.1. The predicted molar refractivity (Wildman–Crippen MR) is 274 cm³/mol. The lowest BCUT2D eigenvalue weighted by molar-refractivity contribution is -0.870. The maximum absolute atomic E-state index is 12.9. The van der Waals surface area contributed by atoms with Crippen LogP contribution in [0.15, 0.2) is 60.8 Å². The number of amides is 1. The van der Waals surface area contributed by atoms with Crippen molar-refractivity contribution in [3.05, 3.63) is 60.8 Å². The van der Waals surface area contributed by atoms with Crippen molar-refractivity contribution in [3.63, 3.8) is 0 Å². The van der Waals surface area contributed by atoms with Crippen molar-refractivity contribution in [2.24, 2.45) is 0 Å². The molecule has 0 aromatic heterocycles. The average molecular weight is 919 g/mol. The van der Waals surface area contributed by atoms with Gasteiger partial charge in [0.1, 0.15) is 13.2 Å². The quantitative estimate of drug-likeness (QED) is 0.0272. The van der Waals surface area contributed by atoms with E-state index in [0.717, 1.165) is 57.8 Å². The molecule has 0 saturated heterocycles. The third-order valence-electron chi connectivity index (χ3n) is 11.7. The Labute approximate surface area is 396 Å².